The number of sulfonamides is 1. The second-order valence-electron chi connectivity index (χ2n) is 7.06. The van der Waals surface area contributed by atoms with Crippen LogP contribution >= 0.6 is 0 Å². The molecule has 1 atom stereocenters. The van der Waals surface area contributed by atoms with E-state index in [4.69, 9.17) is 0 Å². The van der Waals surface area contributed by atoms with Gasteiger partial charge in [0, 0.05) is 20.1 Å². The molecule has 1 aliphatic heterocycles. The fourth-order valence-corrected chi connectivity index (χ4v) is 4.76. The number of amides is 1. The molecule has 1 heterocycles. The number of rotatable bonds is 5. The van der Waals surface area contributed by atoms with Crippen LogP contribution in [0.15, 0.2) is 48.5 Å². The van der Waals surface area contributed by atoms with Gasteiger partial charge in [-0.25, -0.2) is 8.42 Å². The van der Waals surface area contributed by atoms with E-state index in [0.29, 0.717) is 13.0 Å². The van der Waals surface area contributed by atoms with Crippen LogP contribution in [0.5, 0.6) is 0 Å². The molecule has 0 saturated carbocycles. The number of carbonyl (C=O) groups is 1. The number of hydrogen-bond acceptors (Lipinski definition) is 3. The van der Waals surface area contributed by atoms with Crippen molar-refractivity contribution in [2.24, 2.45) is 0 Å². The summed E-state index contributed by atoms with van der Waals surface area (Å²) < 4.78 is 26.7. The number of nitrogens with zero attached hydrogens (tertiary/aromatic N) is 2. The van der Waals surface area contributed by atoms with Crippen molar-refractivity contribution in [3.63, 3.8) is 0 Å². The minimum absolute atomic E-state index is 0.0134. The van der Waals surface area contributed by atoms with Crippen LogP contribution < -0.4 is 0 Å². The Labute approximate surface area is 161 Å². The first-order valence-corrected chi connectivity index (χ1v) is 10.8. The Bertz CT molecular complexity index is 940. The number of hydrogen-bond donors (Lipinski definition) is 0. The molecule has 144 valence electrons. The number of likely N-dealkylation sites (N-methyl/N-ethyl adjacent to an activating group) is 1. The normalized spacial score (nSPS) is 17.4. The largest absolute Gasteiger partial charge is 0.340 e. The van der Waals surface area contributed by atoms with E-state index >= 15 is 0 Å². The zero-order chi connectivity index (χ0) is 19.6. The third kappa shape index (κ3) is 4.06. The molecule has 1 amide bonds. The summed E-state index contributed by atoms with van der Waals surface area (Å²) in [5.41, 5.74) is 4.20. The lowest BCUT2D eigenvalue weighted by molar-refractivity contribution is -0.135. The van der Waals surface area contributed by atoms with Crippen LogP contribution in [-0.2, 0) is 34.3 Å². The van der Waals surface area contributed by atoms with E-state index < -0.39 is 16.1 Å². The molecule has 0 saturated heterocycles. The van der Waals surface area contributed by atoms with E-state index in [-0.39, 0.29) is 18.2 Å². The van der Waals surface area contributed by atoms with Crippen LogP contribution in [-0.4, -0.2) is 42.4 Å². The monoisotopic (exact) mass is 386 g/mol. The Hall–Kier alpha value is -2.18. The Morgan fingerprint density at radius 3 is 2.41 bits per heavy atom. The number of benzene rings is 2. The molecule has 27 heavy (non-hydrogen) atoms. The Morgan fingerprint density at radius 1 is 1.11 bits per heavy atom. The predicted molar refractivity (Wildman–Crippen MR) is 107 cm³/mol. The molecule has 0 radical (unpaired) electrons. The number of aryl methyl sites for hydroxylation is 1. The topological polar surface area (TPSA) is 57.7 Å². The van der Waals surface area contributed by atoms with E-state index in [1.54, 1.807) is 18.9 Å². The standard InChI is InChI=1S/C21H26N2O3S/c1-4-27(25,26)23-15-19-12-8-7-10-17(19)13-20(23)21(24)22(3)14-18-11-6-5-9-16(18)2/h5-12,20H,4,13-15H2,1-3H3. The fourth-order valence-electron chi connectivity index (χ4n) is 3.54. The summed E-state index contributed by atoms with van der Waals surface area (Å²) in [4.78, 5) is 14.9. The SMILES string of the molecule is CCS(=O)(=O)N1Cc2ccccc2CC1C(=O)N(C)Cc1ccccc1C. The highest BCUT2D eigenvalue weighted by molar-refractivity contribution is 7.89. The van der Waals surface area contributed by atoms with Crippen LogP contribution in [0.25, 0.3) is 0 Å². The molecule has 1 unspecified atom stereocenters. The van der Waals surface area contributed by atoms with Gasteiger partial charge in [0.05, 0.1) is 5.75 Å². The third-order valence-electron chi connectivity index (χ3n) is 5.26. The van der Waals surface area contributed by atoms with Gasteiger partial charge in [-0.3, -0.25) is 4.79 Å². The molecule has 2 aromatic rings. The van der Waals surface area contributed by atoms with E-state index in [2.05, 4.69) is 0 Å². The van der Waals surface area contributed by atoms with Crippen molar-refractivity contribution >= 4 is 15.9 Å². The first-order valence-electron chi connectivity index (χ1n) is 9.19. The van der Waals surface area contributed by atoms with Crippen molar-refractivity contribution in [1.29, 1.82) is 0 Å². The quantitative estimate of drug-likeness (QED) is 0.794. The van der Waals surface area contributed by atoms with E-state index in [0.717, 1.165) is 22.3 Å². The van der Waals surface area contributed by atoms with Crippen molar-refractivity contribution < 1.29 is 13.2 Å². The van der Waals surface area contributed by atoms with Crippen LogP contribution in [0.2, 0.25) is 0 Å². The third-order valence-corrected chi connectivity index (χ3v) is 7.09. The summed E-state index contributed by atoms with van der Waals surface area (Å²) in [6, 6.07) is 15.0. The summed E-state index contributed by atoms with van der Waals surface area (Å²) >= 11 is 0. The Morgan fingerprint density at radius 2 is 1.74 bits per heavy atom. The zero-order valence-electron chi connectivity index (χ0n) is 16.1. The predicted octanol–water partition coefficient (Wildman–Crippen LogP) is 2.73. The van der Waals surface area contributed by atoms with E-state index in [1.807, 2.05) is 55.5 Å². The Kier molecular flexibility index (Phi) is 5.67. The first kappa shape index (κ1) is 19.6. The summed E-state index contributed by atoms with van der Waals surface area (Å²) in [5, 5.41) is 0. The summed E-state index contributed by atoms with van der Waals surface area (Å²) in [5.74, 6) is -0.176. The van der Waals surface area contributed by atoms with Gasteiger partial charge in [0.15, 0.2) is 0 Å². The van der Waals surface area contributed by atoms with Gasteiger partial charge in [0.1, 0.15) is 6.04 Å². The van der Waals surface area contributed by atoms with Crippen LogP contribution in [0, 0.1) is 6.92 Å². The van der Waals surface area contributed by atoms with Crippen molar-refractivity contribution in [1.82, 2.24) is 9.21 Å². The van der Waals surface area contributed by atoms with Gasteiger partial charge in [0.25, 0.3) is 0 Å². The lowest BCUT2D eigenvalue weighted by Crippen LogP contribution is -2.53. The van der Waals surface area contributed by atoms with Crippen LogP contribution in [0.4, 0.5) is 0 Å². The maximum Gasteiger partial charge on any atom is 0.241 e. The summed E-state index contributed by atoms with van der Waals surface area (Å²) in [7, 11) is -1.74. The highest BCUT2D eigenvalue weighted by atomic mass is 32.2. The van der Waals surface area contributed by atoms with Gasteiger partial charge in [-0.05, 0) is 42.5 Å². The maximum atomic E-state index is 13.2. The van der Waals surface area contributed by atoms with Gasteiger partial charge in [-0.1, -0.05) is 48.5 Å². The van der Waals surface area contributed by atoms with Crippen LogP contribution in [0.3, 0.4) is 0 Å². The second kappa shape index (κ2) is 7.82. The lowest BCUT2D eigenvalue weighted by Gasteiger charge is -2.36. The minimum atomic E-state index is -3.49. The van der Waals surface area contributed by atoms with Crippen molar-refractivity contribution in [3.05, 3.63) is 70.8 Å². The van der Waals surface area contributed by atoms with Gasteiger partial charge < -0.3 is 4.90 Å². The molecule has 1 aliphatic rings. The average molecular weight is 387 g/mol. The molecule has 0 aliphatic carbocycles. The van der Waals surface area contributed by atoms with Gasteiger partial charge in [0.2, 0.25) is 15.9 Å². The summed E-state index contributed by atoms with van der Waals surface area (Å²) in [6.07, 6.45) is 0.409. The second-order valence-corrected chi connectivity index (χ2v) is 9.27. The zero-order valence-corrected chi connectivity index (χ0v) is 16.9. The highest BCUT2D eigenvalue weighted by Gasteiger charge is 2.39. The van der Waals surface area contributed by atoms with Crippen molar-refractivity contribution in [2.45, 2.75) is 39.4 Å². The first-order chi connectivity index (χ1) is 12.8. The molecule has 2 aromatic carbocycles. The number of carbonyl (C=O) groups excluding carboxylic acids is 1. The molecular formula is C21H26N2O3S. The molecule has 0 N–H and O–H groups in total. The molecular weight excluding hydrogens is 360 g/mol. The molecule has 0 fully saturated rings. The highest BCUT2D eigenvalue weighted by Crippen LogP contribution is 2.27. The Balaban J connectivity index is 1.89. The number of fused-ring (bicyclic) bond motifs is 1. The molecule has 5 nitrogen and oxygen atoms in total. The minimum Gasteiger partial charge on any atom is -0.340 e. The van der Waals surface area contributed by atoms with Gasteiger partial charge >= 0.3 is 0 Å². The smallest absolute Gasteiger partial charge is 0.241 e. The van der Waals surface area contributed by atoms with Crippen molar-refractivity contribution in [2.75, 3.05) is 12.8 Å². The van der Waals surface area contributed by atoms with Crippen LogP contribution in [0.1, 0.15) is 29.2 Å². The summed E-state index contributed by atoms with van der Waals surface area (Å²) in [6.45, 7) is 4.34. The van der Waals surface area contributed by atoms with Gasteiger partial charge in [-0.15, -0.1) is 0 Å². The molecule has 0 spiro atoms. The van der Waals surface area contributed by atoms with E-state index in [1.165, 1.54) is 4.31 Å². The van der Waals surface area contributed by atoms with Gasteiger partial charge in [-0.2, -0.15) is 4.31 Å². The molecule has 0 bridgehead atoms. The van der Waals surface area contributed by atoms with E-state index in [9.17, 15) is 13.2 Å². The maximum absolute atomic E-state index is 13.2. The molecule has 0 aromatic heterocycles. The lowest BCUT2D eigenvalue weighted by atomic mass is 9.95. The van der Waals surface area contributed by atoms with Crippen molar-refractivity contribution in [3.8, 4) is 0 Å². The molecule has 3 rings (SSSR count). The average Bonchev–Trinajstić information content (AvgIpc) is 2.68. The fraction of sp³-hybridized carbons (Fsp3) is 0.381. The molecule has 6 heteroatoms.